The summed E-state index contributed by atoms with van der Waals surface area (Å²) in [4.78, 5) is 4.67. The Morgan fingerprint density at radius 2 is 1.59 bits per heavy atom. The van der Waals surface area contributed by atoms with Crippen molar-refractivity contribution in [2.24, 2.45) is 0 Å². The Labute approximate surface area is 129 Å². The number of rotatable bonds is 0. The van der Waals surface area contributed by atoms with Gasteiger partial charge in [0.2, 0.25) is 0 Å². The van der Waals surface area contributed by atoms with Crippen LogP contribution < -0.4 is 0 Å². The van der Waals surface area contributed by atoms with Crippen molar-refractivity contribution in [2.75, 3.05) is 0 Å². The maximum atomic E-state index is 4.67. The fourth-order valence-electron chi connectivity index (χ4n) is 3.97. The summed E-state index contributed by atoms with van der Waals surface area (Å²) in [5.41, 5.74) is 6.35. The first-order valence-corrected chi connectivity index (χ1v) is 7.68. The Morgan fingerprint density at radius 1 is 0.818 bits per heavy atom. The Kier molecular flexibility index (Phi) is 2.06. The van der Waals surface area contributed by atoms with Crippen molar-refractivity contribution in [3.8, 4) is 5.69 Å². The van der Waals surface area contributed by atoms with Gasteiger partial charge >= 0.3 is 0 Å². The molecule has 1 aliphatic heterocycles. The van der Waals surface area contributed by atoms with E-state index >= 15 is 0 Å². The highest BCUT2D eigenvalue weighted by atomic mass is 15.1. The van der Waals surface area contributed by atoms with Crippen LogP contribution in [-0.2, 0) is 5.41 Å². The molecule has 5 rings (SSSR count). The summed E-state index contributed by atoms with van der Waals surface area (Å²) in [5.74, 6) is 0. The van der Waals surface area contributed by atoms with Crippen molar-refractivity contribution < 1.29 is 0 Å². The minimum Gasteiger partial charge on any atom is -0.293 e. The molecule has 2 heteroatoms. The highest BCUT2D eigenvalue weighted by molar-refractivity contribution is 6.10. The Hall–Kier alpha value is -2.61. The zero-order chi connectivity index (χ0) is 14.9. The first kappa shape index (κ1) is 12.0. The number of aromatic nitrogens is 2. The van der Waals surface area contributed by atoms with Crippen LogP contribution in [0.15, 0.2) is 60.8 Å². The molecule has 0 radical (unpaired) electrons. The van der Waals surface area contributed by atoms with E-state index in [1.165, 1.54) is 33.1 Å². The lowest BCUT2D eigenvalue weighted by Crippen LogP contribution is -2.26. The maximum Gasteiger partial charge on any atom is 0.145 e. The number of para-hydroxylation sites is 2. The predicted molar refractivity (Wildman–Crippen MR) is 90.7 cm³/mol. The summed E-state index contributed by atoms with van der Waals surface area (Å²) >= 11 is 0. The maximum absolute atomic E-state index is 4.67. The van der Waals surface area contributed by atoms with Crippen molar-refractivity contribution in [2.45, 2.75) is 19.3 Å². The van der Waals surface area contributed by atoms with E-state index in [0.717, 1.165) is 5.65 Å². The molecule has 0 N–H and O–H groups in total. The van der Waals surface area contributed by atoms with Crippen molar-refractivity contribution in [1.82, 2.24) is 9.55 Å². The second-order valence-electron chi connectivity index (χ2n) is 6.55. The molecule has 22 heavy (non-hydrogen) atoms. The smallest absolute Gasteiger partial charge is 0.145 e. The number of pyridine rings is 1. The molecule has 2 aromatic heterocycles. The van der Waals surface area contributed by atoms with Gasteiger partial charge in [-0.1, -0.05) is 50.2 Å². The minimum absolute atomic E-state index is 0.000476. The molecule has 0 spiro atoms. The monoisotopic (exact) mass is 284 g/mol. The molecular formula is C20H16N2. The summed E-state index contributed by atoms with van der Waals surface area (Å²) in [5, 5.41) is 2.52. The van der Waals surface area contributed by atoms with E-state index in [-0.39, 0.29) is 5.41 Å². The standard InChI is InChI=1S/C20H16N2/c1-20(2)15-9-3-4-11-17(15)22-18-13(7-5-10-16(18)20)14-8-6-12-21-19(14)22/h3-12H,1-2H3. The molecule has 0 fully saturated rings. The molecule has 0 saturated carbocycles. The van der Waals surface area contributed by atoms with E-state index in [4.69, 9.17) is 0 Å². The summed E-state index contributed by atoms with van der Waals surface area (Å²) in [7, 11) is 0. The second-order valence-corrected chi connectivity index (χ2v) is 6.55. The lowest BCUT2D eigenvalue weighted by atomic mass is 9.75. The number of fused-ring (bicyclic) bond motifs is 5. The largest absolute Gasteiger partial charge is 0.293 e. The van der Waals surface area contributed by atoms with Gasteiger partial charge in [0.25, 0.3) is 0 Å². The number of benzene rings is 2. The van der Waals surface area contributed by atoms with E-state index in [0.29, 0.717) is 0 Å². The van der Waals surface area contributed by atoms with Crippen molar-refractivity contribution >= 4 is 21.9 Å². The minimum atomic E-state index is 0.000476. The van der Waals surface area contributed by atoms with Crippen molar-refractivity contribution in [3.05, 3.63) is 71.9 Å². The fraction of sp³-hybridized carbons (Fsp3) is 0.150. The van der Waals surface area contributed by atoms with E-state index in [9.17, 15) is 0 Å². The number of nitrogens with zero attached hydrogens (tertiary/aromatic N) is 2. The third kappa shape index (κ3) is 1.24. The molecule has 0 unspecified atom stereocenters. The SMILES string of the molecule is CC1(C)c2ccccc2-n2c3ncccc3c3cccc1c32. The highest BCUT2D eigenvalue weighted by Crippen LogP contribution is 2.46. The van der Waals surface area contributed by atoms with Crippen LogP contribution >= 0.6 is 0 Å². The Balaban J connectivity index is 2.15. The molecule has 3 heterocycles. The fourth-order valence-corrected chi connectivity index (χ4v) is 3.97. The van der Waals surface area contributed by atoms with Crippen LogP contribution in [0.25, 0.3) is 27.6 Å². The van der Waals surface area contributed by atoms with Gasteiger partial charge in [-0.15, -0.1) is 0 Å². The topological polar surface area (TPSA) is 17.8 Å². The Bertz CT molecular complexity index is 1050. The van der Waals surface area contributed by atoms with E-state index in [2.05, 4.69) is 71.9 Å². The van der Waals surface area contributed by atoms with Crippen LogP contribution in [0.4, 0.5) is 0 Å². The lowest BCUT2D eigenvalue weighted by molar-refractivity contribution is 0.630. The normalized spacial score (nSPS) is 15.2. The molecule has 0 atom stereocenters. The van der Waals surface area contributed by atoms with Crippen LogP contribution in [0.3, 0.4) is 0 Å². The molecule has 2 aromatic carbocycles. The zero-order valence-electron chi connectivity index (χ0n) is 12.7. The van der Waals surface area contributed by atoms with Crippen molar-refractivity contribution in [1.29, 1.82) is 0 Å². The summed E-state index contributed by atoms with van der Waals surface area (Å²) in [6.45, 7) is 4.63. The third-order valence-electron chi connectivity index (χ3n) is 5.04. The van der Waals surface area contributed by atoms with Crippen LogP contribution in [-0.4, -0.2) is 9.55 Å². The van der Waals surface area contributed by atoms with Crippen LogP contribution in [0.1, 0.15) is 25.0 Å². The van der Waals surface area contributed by atoms with Crippen LogP contribution in [0.2, 0.25) is 0 Å². The zero-order valence-corrected chi connectivity index (χ0v) is 12.7. The van der Waals surface area contributed by atoms with Gasteiger partial charge in [0.05, 0.1) is 11.2 Å². The van der Waals surface area contributed by atoms with Gasteiger partial charge in [0, 0.05) is 22.4 Å². The second kappa shape index (κ2) is 3.77. The number of hydrogen-bond acceptors (Lipinski definition) is 1. The third-order valence-corrected chi connectivity index (χ3v) is 5.04. The van der Waals surface area contributed by atoms with Crippen molar-refractivity contribution in [3.63, 3.8) is 0 Å². The summed E-state index contributed by atoms with van der Waals surface area (Å²) in [6, 6.07) is 19.5. The first-order valence-electron chi connectivity index (χ1n) is 7.68. The molecule has 1 aliphatic rings. The van der Waals surface area contributed by atoms with Gasteiger partial charge in [-0.3, -0.25) is 4.57 Å². The first-order chi connectivity index (χ1) is 10.7. The predicted octanol–water partition coefficient (Wildman–Crippen LogP) is 4.82. The van der Waals surface area contributed by atoms with E-state index < -0.39 is 0 Å². The Morgan fingerprint density at radius 3 is 2.50 bits per heavy atom. The molecule has 0 aliphatic carbocycles. The van der Waals surface area contributed by atoms with E-state index in [1.807, 2.05) is 12.3 Å². The number of hydrogen-bond donors (Lipinski definition) is 0. The van der Waals surface area contributed by atoms with Gasteiger partial charge in [-0.25, -0.2) is 4.98 Å². The molecule has 106 valence electrons. The lowest BCUT2D eigenvalue weighted by Gasteiger charge is -2.34. The van der Waals surface area contributed by atoms with Crippen LogP contribution in [0, 0.1) is 0 Å². The molecule has 2 nitrogen and oxygen atoms in total. The van der Waals surface area contributed by atoms with Crippen LogP contribution in [0.5, 0.6) is 0 Å². The van der Waals surface area contributed by atoms with Gasteiger partial charge in [0.15, 0.2) is 0 Å². The van der Waals surface area contributed by atoms with Gasteiger partial charge in [-0.2, -0.15) is 0 Å². The highest BCUT2D eigenvalue weighted by Gasteiger charge is 2.34. The molecule has 0 bridgehead atoms. The van der Waals surface area contributed by atoms with Gasteiger partial charge in [-0.05, 0) is 29.3 Å². The summed E-state index contributed by atoms with van der Waals surface area (Å²) < 4.78 is 2.33. The quantitative estimate of drug-likeness (QED) is 0.453. The average Bonchev–Trinajstić information content (AvgIpc) is 2.88. The van der Waals surface area contributed by atoms with E-state index in [1.54, 1.807) is 0 Å². The molecule has 0 amide bonds. The van der Waals surface area contributed by atoms with Gasteiger partial charge in [0.1, 0.15) is 5.65 Å². The molecule has 0 saturated heterocycles. The molecular weight excluding hydrogens is 268 g/mol. The summed E-state index contributed by atoms with van der Waals surface area (Å²) in [6.07, 6.45) is 1.88. The molecule has 4 aromatic rings. The van der Waals surface area contributed by atoms with Gasteiger partial charge < -0.3 is 0 Å². The average molecular weight is 284 g/mol.